The predicted octanol–water partition coefficient (Wildman–Crippen LogP) is 2.96. The van der Waals surface area contributed by atoms with Gasteiger partial charge in [-0.3, -0.25) is 5.43 Å². The molecule has 2 aromatic carbocycles. The van der Waals surface area contributed by atoms with Gasteiger partial charge in [0, 0.05) is 6.54 Å². The van der Waals surface area contributed by atoms with Crippen LogP contribution in [0.1, 0.15) is 11.1 Å². The average molecular weight is 305 g/mol. The van der Waals surface area contributed by atoms with Crippen molar-refractivity contribution in [1.82, 2.24) is 10.7 Å². The number of nitrogens with zero attached hydrogens (tertiary/aromatic N) is 1. The predicted molar refractivity (Wildman–Crippen MR) is 83.0 cm³/mol. The molecular weight excluding hydrogens is 292 g/mol. The van der Waals surface area contributed by atoms with E-state index in [1.165, 1.54) is 6.07 Å². The summed E-state index contributed by atoms with van der Waals surface area (Å²) in [7, 11) is 0. The van der Waals surface area contributed by atoms with Crippen molar-refractivity contribution in [2.75, 3.05) is 0 Å². The Labute approximate surface area is 126 Å². The summed E-state index contributed by atoms with van der Waals surface area (Å²) >= 11 is 5.01. The molecule has 0 amide bonds. The molecule has 0 saturated carbocycles. The van der Waals surface area contributed by atoms with Crippen LogP contribution >= 0.6 is 12.2 Å². The number of hydrogen-bond acceptors (Lipinski definition) is 2. The largest absolute Gasteiger partial charge is 0.357 e. The van der Waals surface area contributed by atoms with Crippen molar-refractivity contribution in [3.05, 3.63) is 71.3 Å². The molecule has 0 aromatic heterocycles. The van der Waals surface area contributed by atoms with Crippen LogP contribution in [-0.2, 0) is 6.54 Å². The van der Waals surface area contributed by atoms with E-state index in [0.717, 1.165) is 23.9 Å². The van der Waals surface area contributed by atoms with Crippen molar-refractivity contribution < 1.29 is 8.78 Å². The first-order valence-electron chi connectivity index (χ1n) is 6.21. The molecule has 0 fully saturated rings. The first-order chi connectivity index (χ1) is 10.2. The van der Waals surface area contributed by atoms with E-state index in [9.17, 15) is 8.78 Å². The Kier molecular flexibility index (Phi) is 5.34. The SMILES string of the molecule is Fc1cccc(F)c1C=NNC(=S)NCc1ccccc1. The van der Waals surface area contributed by atoms with Crippen LogP contribution in [0.3, 0.4) is 0 Å². The minimum absolute atomic E-state index is 0.212. The minimum atomic E-state index is -0.677. The fourth-order valence-electron chi connectivity index (χ4n) is 1.61. The summed E-state index contributed by atoms with van der Waals surface area (Å²) in [6.45, 7) is 0.538. The first kappa shape index (κ1) is 15.1. The lowest BCUT2D eigenvalue weighted by atomic mass is 10.2. The van der Waals surface area contributed by atoms with E-state index in [1.54, 1.807) is 0 Å². The van der Waals surface area contributed by atoms with Gasteiger partial charge in [0.1, 0.15) is 11.6 Å². The Bertz CT molecular complexity index is 624. The van der Waals surface area contributed by atoms with Gasteiger partial charge in [-0.05, 0) is 29.9 Å². The van der Waals surface area contributed by atoms with Crippen LogP contribution in [0.2, 0.25) is 0 Å². The van der Waals surface area contributed by atoms with E-state index in [-0.39, 0.29) is 10.7 Å². The number of hydrogen-bond donors (Lipinski definition) is 2. The summed E-state index contributed by atoms with van der Waals surface area (Å²) < 4.78 is 26.7. The topological polar surface area (TPSA) is 36.4 Å². The highest BCUT2D eigenvalue weighted by Crippen LogP contribution is 2.08. The quantitative estimate of drug-likeness (QED) is 0.518. The highest BCUT2D eigenvalue weighted by atomic mass is 32.1. The van der Waals surface area contributed by atoms with Gasteiger partial charge in [-0.25, -0.2) is 8.78 Å². The van der Waals surface area contributed by atoms with Crippen molar-refractivity contribution in [3.63, 3.8) is 0 Å². The van der Waals surface area contributed by atoms with Crippen LogP contribution in [0.25, 0.3) is 0 Å². The van der Waals surface area contributed by atoms with E-state index in [1.807, 2.05) is 30.3 Å². The van der Waals surface area contributed by atoms with Crippen LogP contribution in [0.4, 0.5) is 8.78 Å². The van der Waals surface area contributed by atoms with Crippen molar-refractivity contribution in [1.29, 1.82) is 0 Å². The lowest BCUT2D eigenvalue weighted by Crippen LogP contribution is -2.31. The summed E-state index contributed by atoms with van der Waals surface area (Å²) in [5.74, 6) is -1.35. The fraction of sp³-hybridized carbons (Fsp3) is 0.0667. The normalized spacial score (nSPS) is 10.6. The smallest absolute Gasteiger partial charge is 0.187 e. The second-order valence-corrected chi connectivity index (χ2v) is 4.58. The average Bonchev–Trinajstić information content (AvgIpc) is 2.49. The van der Waals surface area contributed by atoms with Gasteiger partial charge in [0.2, 0.25) is 0 Å². The van der Waals surface area contributed by atoms with Crippen molar-refractivity contribution in [2.45, 2.75) is 6.54 Å². The van der Waals surface area contributed by atoms with Crippen LogP contribution in [0.15, 0.2) is 53.6 Å². The third kappa shape index (κ3) is 4.61. The standard InChI is InChI=1S/C15H13F2N3S/c16-13-7-4-8-14(17)12(13)10-19-20-15(21)18-9-11-5-2-1-3-6-11/h1-8,10H,9H2,(H2,18,20,21). The van der Waals surface area contributed by atoms with Crippen LogP contribution in [-0.4, -0.2) is 11.3 Å². The summed E-state index contributed by atoms with van der Waals surface area (Å²) in [5.41, 5.74) is 3.36. The van der Waals surface area contributed by atoms with Gasteiger partial charge in [-0.1, -0.05) is 36.4 Å². The first-order valence-corrected chi connectivity index (χ1v) is 6.62. The third-order valence-corrected chi connectivity index (χ3v) is 2.89. The molecule has 0 bridgehead atoms. The van der Waals surface area contributed by atoms with Gasteiger partial charge in [0.15, 0.2) is 5.11 Å². The molecule has 2 N–H and O–H groups in total. The molecule has 6 heteroatoms. The second kappa shape index (κ2) is 7.44. The maximum absolute atomic E-state index is 13.3. The molecule has 0 heterocycles. The molecule has 2 rings (SSSR count). The highest BCUT2D eigenvalue weighted by molar-refractivity contribution is 7.80. The summed E-state index contributed by atoms with van der Waals surface area (Å²) in [5, 5.41) is 6.92. The Hall–Kier alpha value is -2.34. The molecular formula is C15H13F2N3S. The summed E-state index contributed by atoms with van der Waals surface area (Å²) in [4.78, 5) is 0. The molecule has 108 valence electrons. The zero-order valence-electron chi connectivity index (χ0n) is 11.0. The van der Waals surface area contributed by atoms with Gasteiger partial charge in [0.25, 0.3) is 0 Å². The van der Waals surface area contributed by atoms with E-state index in [2.05, 4.69) is 15.8 Å². The number of rotatable bonds is 4. The number of thiocarbonyl (C=S) groups is 1. The van der Waals surface area contributed by atoms with Crippen LogP contribution < -0.4 is 10.7 Å². The van der Waals surface area contributed by atoms with E-state index >= 15 is 0 Å². The molecule has 0 atom stereocenters. The molecule has 3 nitrogen and oxygen atoms in total. The zero-order chi connectivity index (χ0) is 15.1. The zero-order valence-corrected chi connectivity index (χ0v) is 11.8. The van der Waals surface area contributed by atoms with Crippen molar-refractivity contribution in [3.8, 4) is 0 Å². The van der Waals surface area contributed by atoms with Gasteiger partial charge in [-0.15, -0.1) is 0 Å². The molecule has 0 spiro atoms. The lowest BCUT2D eigenvalue weighted by Gasteiger charge is -2.06. The van der Waals surface area contributed by atoms with Crippen LogP contribution in [0, 0.1) is 11.6 Å². The maximum Gasteiger partial charge on any atom is 0.187 e. The van der Waals surface area contributed by atoms with E-state index in [4.69, 9.17) is 12.2 Å². The summed E-state index contributed by atoms with van der Waals surface area (Å²) in [6.07, 6.45) is 1.06. The van der Waals surface area contributed by atoms with Gasteiger partial charge < -0.3 is 5.32 Å². The van der Waals surface area contributed by atoms with Gasteiger partial charge >= 0.3 is 0 Å². The number of hydrazone groups is 1. The number of halogens is 2. The van der Waals surface area contributed by atoms with Gasteiger partial charge in [-0.2, -0.15) is 5.10 Å². The summed E-state index contributed by atoms with van der Waals surface area (Å²) in [6, 6.07) is 13.3. The fourth-order valence-corrected chi connectivity index (χ4v) is 1.73. The molecule has 0 aliphatic rings. The van der Waals surface area contributed by atoms with E-state index < -0.39 is 11.6 Å². The maximum atomic E-state index is 13.3. The lowest BCUT2D eigenvalue weighted by molar-refractivity contribution is 0.580. The molecule has 0 radical (unpaired) electrons. The minimum Gasteiger partial charge on any atom is -0.357 e. The van der Waals surface area contributed by atoms with Crippen molar-refractivity contribution >= 4 is 23.5 Å². The Morgan fingerprint density at radius 1 is 1.05 bits per heavy atom. The molecule has 0 unspecified atom stereocenters. The molecule has 0 aliphatic carbocycles. The third-order valence-electron chi connectivity index (χ3n) is 2.66. The molecule has 0 saturated heterocycles. The highest BCUT2D eigenvalue weighted by Gasteiger charge is 2.04. The van der Waals surface area contributed by atoms with Crippen molar-refractivity contribution in [2.24, 2.45) is 5.10 Å². The molecule has 2 aromatic rings. The number of benzene rings is 2. The molecule has 0 aliphatic heterocycles. The molecule has 21 heavy (non-hydrogen) atoms. The Morgan fingerprint density at radius 3 is 2.38 bits per heavy atom. The van der Waals surface area contributed by atoms with E-state index in [0.29, 0.717) is 6.54 Å². The van der Waals surface area contributed by atoms with Crippen LogP contribution in [0.5, 0.6) is 0 Å². The monoisotopic (exact) mass is 305 g/mol. The van der Waals surface area contributed by atoms with Gasteiger partial charge in [0.05, 0.1) is 11.8 Å². The Balaban J connectivity index is 1.85. The number of nitrogens with one attached hydrogen (secondary N) is 2. The Morgan fingerprint density at radius 2 is 1.71 bits per heavy atom. The second-order valence-electron chi connectivity index (χ2n) is 4.17.